The van der Waals surface area contributed by atoms with Gasteiger partial charge in [-0.2, -0.15) is 0 Å². The summed E-state index contributed by atoms with van der Waals surface area (Å²) in [5.74, 6) is 0.779. The molecule has 3 nitrogen and oxygen atoms in total. The van der Waals surface area contributed by atoms with Gasteiger partial charge in [-0.15, -0.1) is 0 Å². The molecular formula is C9H19NO2S. The highest BCUT2D eigenvalue weighted by Gasteiger charge is 2.10. The summed E-state index contributed by atoms with van der Waals surface area (Å²) in [5.41, 5.74) is 0. The third kappa shape index (κ3) is 5.26. The fraction of sp³-hybridized carbons (Fsp3) is 1.00. The smallest absolute Gasteiger partial charge is 0.150 e. The van der Waals surface area contributed by atoms with Crippen LogP contribution in [0.25, 0.3) is 0 Å². The first-order valence-corrected chi connectivity index (χ1v) is 6.94. The molecule has 13 heavy (non-hydrogen) atoms. The first-order valence-electron chi connectivity index (χ1n) is 5.12. The lowest BCUT2D eigenvalue weighted by Crippen LogP contribution is -2.16. The highest BCUT2D eigenvalue weighted by atomic mass is 32.2. The van der Waals surface area contributed by atoms with Gasteiger partial charge in [0.1, 0.15) is 9.84 Å². The number of nitrogens with one attached hydrogen (secondary N) is 1. The maximum atomic E-state index is 11.4. The van der Waals surface area contributed by atoms with E-state index in [0.717, 1.165) is 45.2 Å². The standard InChI is InChI=1S/C9H19NO2S/c11-13(12)8-4-1-2-6-10-7-3-5-9-13/h10H,1-9H2. The lowest BCUT2D eigenvalue weighted by Gasteiger charge is -2.01. The van der Waals surface area contributed by atoms with E-state index in [1.807, 2.05) is 0 Å². The van der Waals surface area contributed by atoms with Gasteiger partial charge in [0.25, 0.3) is 0 Å². The summed E-state index contributed by atoms with van der Waals surface area (Å²) in [7, 11) is -2.73. The van der Waals surface area contributed by atoms with E-state index < -0.39 is 9.84 Å². The molecule has 0 aromatic carbocycles. The van der Waals surface area contributed by atoms with Crippen LogP contribution in [0.5, 0.6) is 0 Å². The average Bonchev–Trinajstić information content (AvgIpc) is 2.10. The molecule has 0 saturated carbocycles. The number of hydrogen-bond donors (Lipinski definition) is 1. The zero-order valence-corrected chi connectivity index (χ0v) is 8.91. The molecule has 1 aliphatic rings. The van der Waals surface area contributed by atoms with Crippen LogP contribution in [0.3, 0.4) is 0 Å². The molecule has 1 saturated heterocycles. The van der Waals surface area contributed by atoms with Crippen molar-refractivity contribution in [2.24, 2.45) is 0 Å². The van der Waals surface area contributed by atoms with E-state index in [-0.39, 0.29) is 0 Å². The largest absolute Gasteiger partial charge is 0.317 e. The third-order valence-electron chi connectivity index (χ3n) is 2.37. The van der Waals surface area contributed by atoms with Gasteiger partial charge in [-0.25, -0.2) is 8.42 Å². The van der Waals surface area contributed by atoms with Gasteiger partial charge >= 0.3 is 0 Å². The molecule has 1 rings (SSSR count). The Morgan fingerprint density at radius 1 is 0.769 bits per heavy atom. The van der Waals surface area contributed by atoms with Gasteiger partial charge in [0.05, 0.1) is 11.5 Å². The third-order valence-corrected chi connectivity index (χ3v) is 4.19. The van der Waals surface area contributed by atoms with Crippen LogP contribution in [0, 0.1) is 0 Å². The van der Waals surface area contributed by atoms with Crippen molar-refractivity contribution < 1.29 is 8.42 Å². The van der Waals surface area contributed by atoms with E-state index in [2.05, 4.69) is 5.32 Å². The second kappa shape index (κ2) is 5.60. The Bertz CT molecular complexity index is 206. The van der Waals surface area contributed by atoms with Crippen LogP contribution >= 0.6 is 0 Å². The molecule has 0 radical (unpaired) electrons. The Kier molecular flexibility index (Phi) is 4.73. The molecule has 1 fully saturated rings. The van der Waals surface area contributed by atoms with E-state index in [1.54, 1.807) is 0 Å². The van der Waals surface area contributed by atoms with Crippen molar-refractivity contribution in [3.05, 3.63) is 0 Å². The molecular weight excluding hydrogens is 186 g/mol. The van der Waals surface area contributed by atoms with Crippen molar-refractivity contribution in [2.45, 2.75) is 32.1 Å². The lowest BCUT2D eigenvalue weighted by atomic mass is 10.2. The molecule has 78 valence electrons. The predicted molar refractivity (Wildman–Crippen MR) is 54.6 cm³/mol. The molecule has 0 amide bonds. The molecule has 0 bridgehead atoms. The fourth-order valence-corrected chi connectivity index (χ4v) is 3.04. The molecule has 0 spiro atoms. The van der Waals surface area contributed by atoms with Crippen molar-refractivity contribution in [1.29, 1.82) is 0 Å². The van der Waals surface area contributed by atoms with Crippen LogP contribution in [0.15, 0.2) is 0 Å². The van der Waals surface area contributed by atoms with E-state index >= 15 is 0 Å². The van der Waals surface area contributed by atoms with Crippen LogP contribution in [0.2, 0.25) is 0 Å². The second-order valence-corrected chi connectivity index (χ2v) is 5.97. The zero-order valence-electron chi connectivity index (χ0n) is 8.09. The predicted octanol–water partition coefficient (Wildman–Crippen LogP) is 0.955. The summed E-state index contributed by atoms with van der Waals surface area (Å²) < 4.78 is 22.8. The van der Waals surface area contributed by atoms with Gasteiger partial charge in [0.15, 0.2) is 0 Å². The van der Waals surface area contributed by atoms with Crippen LogP contribution in [-0.2, 0) is 9.84 Å². The lowest BCUT2D eigenvalue weighted by molar-refractivity contribution is 0.588. The minimum Gasteiger partial charge on any atom is -0.317 e. The van der Waals surface area contributed by atoms with Crippen molar-refractivity contribution in [3.8, 4) is 0 Å². The first kappa shape index (κ1) is 11.0. The van der Waals surface area contributed by atoms with Crippen LogP contribution < -0.4 is 5.32 Å². The van der Waals surface area contributed by atoms with Gasteiger partial charge in [0.2, 0.25) is 0 Å². The van der Waals surface area contributed by atoms with E-state index in [4.69, 9.17) is 0 Å². The summed E-state index contributed by atoms with van der Waals surface area (Å²) in [6.45, 7) is 2.01. The minimum atomic E-state index is -2.73. The van der Waals surface area contributed by atoms with Crippen molar-refractivity contribution in [2.75, 3.05) is 24.6 Å². The van der Waals surface area contributed by atoms with Crippen LogP contribution in [-0.4, -0.2) is 33.0 Å². The molecule has 0 aromatic heterocycles. The molecule has 1 aliphatic heterocycles. The maximum absolute atomic E-state index is 11.4. The quantitative estimate of drug-likeness (QED) is 0.640. The van der Waals surface area contributed by atoms with Crippen molar-refractivity contribution in [3.63, 3.8) is 0 Å². The molecule has 0 atom stereocenters. The van der Waals surface area contributed by atoms with E-state index in [1.165, 1.54) is 0 Å². The van der Waals surface area contributed by atoms with Crippen molar-refractivity contribution in [1.82, 2.24) is 5.32 Å². The van der Waals surface area contributed by atoms with Gasteiger partial charge in [0, 0.05) is 0 Å². The number of hydrogen-bond acceptors (Lipinski definition) is 3. The topological polar surface area (TPSA) is 46.2 Å². The van der Waals surface area contributed by atoms with Crippen LogP contribution in [0.4, 0.5) is 0 Å². The highest BCUT2D eigenvalue weighted by molar-refractivity contribution is 7.91. The molecule has 1 N–H and O–H groups in total. The van der Waals surface area contributed by atoms with Crippen LogP contribution in [0.1, 0.15) is 32.1 Å². The normalized spacial score (nSPS) is 26.2. The summed E-state index contributed by atoms with van der Waals surface area (Å²) in [5, 5.41) is 3.32. The van der Waals surface area contributed by atoms with Gasteiger partial charge in [-0.05, 0) is 38.8 Å². The summed E-state index contributed by atoms with van der Waals surface area (Å²) in [6, 6.07) is 0. The maximum Gasteiger partial charge on any atom is 0.150 e. The Morgan fingerprint density at radius 2 is 1.31 bits per heavy atom. The van der Waals surface area contributed by atoms with Gasteiger partial charge < -0.3 is 5.32 Å². The highest BCUT2D eigenvalue weighted by Crippen LogP contribution is 2.04. The average molecular weight is 205 g/mol. The molecule has 4 heteroatoms. The Labute approximate surface area is 80.8 Å². The first-order chi connectivity index (χ1) is 6.21. The molecule has 0 aromatic rings. The van der Waals surface area contributed by atoms with Gasteiger partial charge in [-0.1, -0.05) is 6.42 Å². The Morgan fingerprint density at radius 3 is 2.00 bits per heavy atom. The minimum absolute atomic E-state index is 0.384. The van der Waals surface area contributed by atoms with Crippen molar-refractivity contribution >= 4 is 9.84 Å². The second-order valence-electron chi connectivity index (χ2n) is 3.67. The summed E-state index contributed by atoms with van der Waals surface area (Å²) >= 11 is 0. The van der Waals surface area contributed by atoms with E-state index in [9.17, 15) is 8.42 Å². The Balaban J connectivity index is 2.36. The number of sulfone groups is 1. The Hall–Kier alpha value is -0.0900. The molecule has 0 unspecified atom stereocenters. The van der Waals surface area contributed by atoms with Gasteiger partial charge in [-0.3, -0.25) is 0 Å². The van der Waals surface area contributed by atoms with E-state index in [0.29, 0.717) is 11.5 Å². The fourth-order valence-electron chi connectivity index (χ4n) is 1.55. The molecule has 0 aliphatic carbocycles. The summed E-state index contributed by atoms with van der Waals surface area (Å²) in [6.07, 6.45) is 4.78. The monoisotopic (exact) mass is 205 g/mol. The molecule has 1 heterocycles. The number of rotatable bonds is 0. The zero-order chi connectivity index (χ0) is 9.57. The SMILES string of the molecule is O=S1(=O)CCCCCNCCCC1. The summed E-state index contributed by atoms with van der Waals surface area (Å²) in [4.78, 5) is 0.